The van der Waals surface area contributed by atoms with Gasteiger partial charge in [-0.1, -0.05) is 17.7 Å². The predicted octanol–water partition coefficient (Wildman–Crippen LogP) is 2.45. The average Bonchev–Trinajstić information content (AvgIpc) is 2.30. The highest BCUT2D eigenvalue weighted by Crippen LogP contribution is 2.21. The van der Waals surface area contributed by atoms with Crippen LogP contribution in [-0.2, 0) is 29.6 Å². The highest BCUT2D eigenvalue weighted by atomic mass is 35.5. The molecule has 0 saturated heterocycles. The van der Waals surface area contributed by atoms with Crippen molar-refractivity contribution in [3.05, 3.63) is 34.3 Å². The highest BCUT2D eigenvalue weighted by Gasteiger charge is 2.35. The number of hydrogen-bond donors (Lipinski definition) is 0. The lowest BCUT2D eigenvalue weighted by molar-refractivity contribution is -0.155. The van der Waals surface area contributed by atoms with Gasteiger partial charge >= 0.3 is 5.97 Å². The molecule has 0 aliphatic carbocycles. The Morgan fingerprint density at radius 3 is 2.45 bits per heavy atom. The van der Waals surface area contributed by atoms with E-state index in [1.165, 1.54) is 21.0 Å². The summed E-state index contributed by atoms with van der Waals surface area (Å²) >= 11 is 5.81. The smallest absolute Gasteiger partial charge is 0.339 e. The van der Waals surface area contributed by atoms with Gasteiger partial charge in [-0.25, -0.2) is 4.79 Å². The summed E-state index contributed by atoms with van der Waals surface area (Å²) in [6, 6.07) is 4.88. The molecule has 0 bridgehead atoms. The van der Waals surface area contributed by atoms with Crippen molar-refractivity contribution < 1.29 is 22.1 Å². The number of ether oxygens (including phenoxy) is 1. The Labute approximate surface area is 124 Å². The molecule has 0 amide bonds. The van der Waals surface area contributed by atoms with E-state index < -0.39 is 21.7 Å². The molecule has 0 aliphatic heterocycles. The van der Waals surface area contributed by atoms with Crippen LogP contribution >= 0.6 is 11.6 Å². The van der Waals surface area contributed by atoms with Crippen LogP contribution in [0.15, 0.2) is 18.2 Å². The summed E-state index contributed by atoms with van der Waals surface area (Å²) in [7, 11) is -2.76. The van der Waals surface area contributed by atoms with Gasteiger partial charge < -0.3 is 4.74 Å². The minimum absolute atomic E-state index is 0.337. The van der Waals surface area contributed by atoms with E-state index in [0.717, 1.165) is 5.56 Å². The van der Waals surface area contributed by atoms with Crippen LogP contribution in [0.4, 0.5) is 0 Å². The SMILES string of the molecule is COC(=O)C(C)(C)OS(=O)(=O)Cc1ccc(Cl)cc1C. The number of aryl methyl sites for hydroxylation is 1. The van der Waals surface area contributed by atoms with E-state index in [9.17, 15) is 13.2 Å². The molecule has 0 atom stereocenters. The number of halogens is 1. The van der Waals surface area contributed by atoms with Crippen molar-refractivity contribution in [2.75, 3.05) is 7.11 Å². The van der Waals surface area contributed by atoms with Gasteiger partial charge in [0, 0.05) is 5.02 Å². The van der Waals surface area contributed by atoms with Gasteiger partial charge in [-0.15, -0.1) is 0 Å². The number of hydrogen-bond acceptors (Lipinski definition) is 5. The Balaban J connectivity index is 2.93. The third-order valence-electron chi connectivity index (χ3n) is 2.65. The number of methoxy groups -OCH3 is 1. The minimum atomic E-state index is -3.93. The van der Waals surface area contributed by atoms with Crippen molar-refractivity contribution in [1.82, 2.24) is 0 Å². The Kier molecular flexibility index (Phi) is 5.18. The maximum Gasteiger partial charge on any atom is 0.339 e. The molecule has 0 saturated carbocycles. The average molecular weight is 321 g/mol. The molecule has 1 rings (SSSR count). The maximum atomic E-state index is 12.0. The van der Waals surface area contributed by atoms with E-state index in [1.807, 2.05) is 0 Å². The number of carbonyl (C=O) groups is 1. The van der Waals surface area contributed by atoms with Crippen LogP contribution in [0.2, 0.25) is 5.02 Å². The van der Waals surface area contributed by atoms with Crippen LogP contribution in [0.5, 0.6) is 0 Å². The number of benzene rings is 1. The van der Waals surface area contributed by atoms with E-state index in [2.05, 4.69) is 4.74 Å². The van der Waals surface area contributed by atoms with Gasteiger partial charge in [-0.05, 0) is 44.0 Å². The quantitative estimate of drug-likeness (QED) is 0.615. The Bertz CT molecular complexity index is 607. The van der Waals surface area contributed by atoms with Crippen LogP contribution in [0, 0.1) is 6.92 Å². The van der Waals surface area contributed by atoms with Crippen molar-refractivity contribution in [3.8, 4) is 0 Å². The first-order valence-electron chi connectivity index (χ1n) is 5.84. The molecule has 0 aromatic heterocycles. The Morgan fingerprint density at radius 1 is 1.35 bits per heavy atom. The first-order chi connectivity index (χ1) is 9.07. The van der Waals surface area contributed by atoms with Gasteiger partial charge in [-0.2, -0.15) is 8.42 Å². The lowest BCUT2D eigenvalue weighted by Crippen LogP contribution is -2.38. The predicted molar refractivity (Wildman–Crippen MR) is 76.0 cm³/mol. The summed E-state index contributed by atoms with van der Waals surface area (Å²) in [4.78, 5) is 11.4. The monoisotopic (exact) mass is 320 g/mol. The molecular weight excluding hydrogens is 304 g/mol. The molecule has 0 aliphatic rings. The molecule has 112 valence electrons. The van der Waals surface area contributed by atoms with Crippen LogP contribution < -0.4 is 0 Å². The molecule has 0 fully saturated rings. The second kappa shape index (κ2) is 6.11. The van der Waals surface area contributed by atoms with Crippen molar-refractivity contribution >= 4 is 27.7 Å². The summed E-state index contributed by atoms with van der Waals surface area (Å²) < 4.78 is 33.5. The third kappa shape index (κ3) is 4.47. The Hall–Kier alpha value is -1.11. The summed E-state index contributed by atoms with van der Waals surface area (Å²) in [6.07, 6.45) is 0. The normalized spacial score (nSPS) is 12.2. The second-order valence-electron chi connectivity index (χ2n) is 4.86. The fraction of sp³-hybridized carbons (Fsp3) is 0.462. The van der Waals surface area contributed by atoms with Crippen LogP contribution in [0.3, 0.4) is 0 Å². The molecule has 1 aromatic carbocycles. The van der Waals surface area contributed by atoms with E-state index in [0.29, 0.717) is 10.6 Å². The van der Waals surface area contributed by atoms with Gasteiger partial charge in [0.05, 0.1) is 7.11 Å². The van der Waals surface area contributed by atoms with Crippen molar-refractivity contribution in [2.24, 2.45) is 0 Å². The van der Waals surface area contributed by atoms with Crippen molar-refractivity contribution in [2.45, 2.75) is 32.1 Å². The third-order valence-corrected chi connectivity index (χ3v) is 4.22. The maximum absolute atomic E-state index is 12.0. The zero-order valence-corrected chi connectivity index (χ0v) is 13.3. The van der Waals surface area contributed by atoms with Crippen molar-refractivity contribution in [3.63, 3.8) is 0 Å². The zero-order chi connectivity index (χ0) is 15.6. The molecule has 20 heavy (non-hydrogen) atoms. The molecule has 0 spiro atoms. The van der Waals surface area contributed by atoms with E-state index >= 15 is 0 Å². The van der Waals surface area contributed by atoms with Gasteiger partial charge in [0.25, 0.3) is 10.1 Å². The van der Waals surface area contributed by atoms with Gasteiger partial charge in [0.2, 0.25) is 0 Å². The van der Waals surface area contributed by atoms with E-state index in [-0.39, 0.29) is 5.75 Å². The first-order valence-corrected chi connectivity index (χ1v) is 7.80. The first kappa shape index (κ1) is 16.9. The number of esters is 1. The number of carbonyl (C=O) groups excluding carboxylic acids is 1. The fourth-order valence-corrected chi connectivity index (χ4v) is 3.33. The molecule has 1 aromatic rings. The fourth-order valence-electron chi connectivity index (χ4n) is 1.64. The minimum Gasteiger partial charge on any atom is -0.467 e. The topological polar surface area (TPSA) is 69.7 Å². The molecule has 0 unspecified atom stereocenters. The second-order valence-corrected chi connectivity index (χ2v) is 6.87. The van der Waals surface area contributed by atoms with Crippen LogP contribution in [0.25, 0.3) is 0 Å². The molecule has 7 heteroatoms. The largest absolute Gasteiger partial charge is 0.467 e. The molecule has 0 radical (unpaired) electrons. The Morgan fingerprint density at radius 2 is 1.95 bits per heavy atom. The lowest BCUT2D eigenvalue weighted by Gasteiger charge is -2.21. The van der Waals surface area contributed by atoms with Gasteiger partial charge in [-0.3, -0.25) is 4.18 Å². The van der Waals surface area contributed by atoms with Gasteiger partial charge in [0.15, 0.2) is 5.60 Å². The van der Waals surface area contributed by atoms with Crippen LogP contribution in [0.1, 0.15) is 25.0 Å². The van der Waals surface area contributed by atoms with Crippen molar-refractivity contribution in [1.29, 1.82) is 0 Å². The zero-order valence-electron chi connectivity index (χ0n) is 11.8. The van der Waals surface area contributed by atoms with E-state index in [1.54, 1.807) is 25.1 Å². The van der Waals surface area contributed by atoms with Gasteiger partial charge in [0.1, 0.15) is 5.75 Å². The summed E-state index contributed by atoms with van der Waals surface area (Å²) in [6.45, 7) is 4.43. The van der Waals surface area contributed by atoms with Crippen LogP contribution in [-0.4, -0.2) is 27.1 Å². The molecule has 5 nitrogen and oxygen atoms in total. The lowest BCUT2D eigenvalue weighted by atomic mass is 10.1. The standard InChI is InChI=1S/C13H17ClO5S/c1-9-7-11(14)6-5-10(9)8-20(16,17)19-13(2,3)12(15)18-4/h5-7H,8H2,1-4H3. The molecular formula is C13H17ClO5S. The summed E-state index contributed by atoms with van der Waals surface area (Å²) in [5.41, 5.74) is -0.260. The molecule has 0 N–H and O–H groups in total. The highest BCUT2D eigenvalue weighted by molar-refractivity contribution is 7.86. The van der Waals surface area contributed by atoms with E-state index in [4.69, 9.17) is 15.8 Å². The summed E-state index contributed by atoms with van der Waals surface area (Å²) in [5, 5.41) is 0.527. The number of rotatable bonds is 5. The summed E-state index contributed by atoms with van der Waals surface area (Å²) in [5.74, 6) is -1.09. The molecule has 0 heterocycles.